The number of sulfonamides is 1. The van der Waals surface area contributed by atoms with Crippen molar-refractivity contribution in [3.8, 4) is 0 Å². The van der Waals surface area contributed by atoms with E-state index in [1.807, 2.05) is 0 Å². The lowest BCUT2D eigenvalue weighted by molar-refractivity contribution is 0.228. The van der Waals surface area contributed by atoms with Crippen molar-refractivity contribution in [2.45, 2.75) is 37.5 Å². The highest BCUT2D eigenvalue weighted by atomic mass is 32.2. The molecule has 0 aliphatic carbocycles. The Hall–Kier alpha value is -0.890. The van der Waals surface area contributed by atoms with E-state index in [9.17, 15) is 8.42 Å². The van der Waals surface area contributed by atoms with Gasteiger partial charge in [-0.25, -0.2) is 8.42 Å². The fourth-order valence-corrected chi connectivity index (χ4v) is 3.78. The summed E-state index contributed by atoms with van der Waals surface area (Å²) < 4.78 is 31.2. The van der Waals surface area contributed by atoms with Crippen LogP contribution in [0.1, 0.15) is 25.5 Å². The molecule has 1 aromatic heterocycles. The zero-order valence-corrected chi connectivity index (χ0v) is 12.8. The van der Waals surface area contributed by atoms with Crippen LogP contribution in [0.15, 0.2) is 21.6 Å². The van der Waals surface area contributed by atoms with Crippen molar-refractivity contribution in [1.29, 1.82) is 0 Å². The normalized spacial score (nSPS) is 20.9. The number of likely N-dealkylation sites (tertiary alicyclic amines) is 1. The molecule has 20 heavy (non-hydrogen) atoms. The van der Waals surface area contributed by atoms with Crippen LogP contribution in [0.25, 0.3) is 0 Å². The van der Waals surface area contributed by atoms with Crippen LogP contribution in [-0.4, -0.2) is 55.5 Å². The van der Waals surface area contributed by atoms with Crippen molar-refractivity contribution in [3.05, 3.63) is 17.9 Å². The first-order valence-corrected chi connectivity index (χ1v) is 8.33. The standard InChI is InChI=1S/C13H22N2O4S/c1-3-15-8-4-5-11(15)9-14(2)20(17,18)13-7-6-12(10-16)19-13/h6-7,11,16H,3-5,8-10H2,1-2H3. The van der Waals surface area contributed by atoms with E-state index in [1.54, 1.807) is 7.05 Å². The quantitative estimate of drug-likeness (QED) is 0.844. The number of aliphatic hydroxyl groups is 1. The molecule has 2 rings (SSSR count). The number of likely N-dealkylation sites (N-methyl/N-ethyl adjacent to an activating group) is 2. The monoisotopic (exact) mass is 302 g/mol. The number of nitrogens with zero attached hydrogens (tertiary/aromatic N) is 2. The van der Waals surface area contributed by atoms with Crippen molar-refractivity contribution in [2.75, 3.05) is 26.7 Å². The van der Waals surface area contributed by atoms with E-state index in [-0.39, 0.29) is 23.5 Å². The molecule has 114 valence electrons. The molecule has 0 amide bonds. The summed E-state index contributed by atoms with van der Waals surface area (Å²) in [5, 5.41) is 8.84. The predicted octanol–water partition coefficient (Wildman–Crippen LogP) is 0.877. The molecule has 1 N–H and O–H groups in total. The van der Waals surface area contributed by atoms with Crippen molar-refractivity contribution in [2.24, 2.45) is 0 Å². The molecule has 6 nitrogen and oxygen atoms in total. The Bertz CT molecular complexity index is 540. The largest absolute Gasteiger partial charge is 0.446 e. The van der Waals surface area contributed by atoms with Crippen molar-refractivity contribution in [3.63, 3.8) is 0 Å². The Morgan fingerprint density at radius 1 is 1.50 bits per heavy atom. The first-order valence-electron chi connectivity index (χ1n) is 6.89. The summed E-state index contributed by atoms with van der Waals surface area (Å²) in [6.45, 7) is 4.22. The molecule has 2 heterocycles. The Morgan fingerprint density at radius 2 is 2.25 bits per heavy atom. The average Bonchev–Trinajstić information content (AvgIpc) is 3.07. The third-order valence-electron chi connectivity index (χ3n) is 3.83. The number of rotatable bonds is 6. The summed E-state index contributed by atoms with van der Waals surface area (Å²) in [7, 11) is -2.05. The van der Waals surface area contributed by atoms with Crippen LogP contribution >= 0.6 is 0 Å². The molecule has 1 fully saturated rings. The molecule has 1 saturated heterocycles. The minimum absolute atomic E-state index is 0.106. The van der Waals surface area contributed by atoms with Gasteiger partial charge in [0.25, 0.3) is 10.0 Å². The fraction of sp³-hybridized carbons (Fsp3) is 0.692. The highest BCUT2D eigenvalue weighted by Gasteiger charge is 2.30. The lowest BCUT2D eigenvalue weighted by atomic mass is 10.2. The Labute approximate surface area is 120 Å². The summed E-state index contributed by atoms with van der Waals surface area (Å²) in [6, 6.07) is 3.14. The van der Waals surface area contributed by atoms with Gasteiger partial charge in [0.05, 0.1) is 0 Å². The molecular formula is C13H22N2O4S. The maximum absolute atomic E-state index is 12.4. The Morgan fingerprint density at radius 3 is 2.85 bits per heavy atom. The smallest absolute Gasteiger partial charge is 0.276 e. The molecule has 7 heteroatoms. The fourth-order valence-electron chi connectivity index (χ4n) is 2.65. The van der Waals surface area contributed by atoms with E-state index in [0.29, 0.717) is 6.54 Å². The van der Waals surface area contributed by atoms with Crippen LogP contribution in [0.5, 0.6) is 0 Å². The molecule has 0 spiro atoms. The van der Waals surface area contributed by atoms with Gasteiger partial charge in [-0.1, -0.05) is 6.92 Å². The van der Waals surface area contributed by atoms with Gasteiger partial charge in [-0.05, 0) is 38.1 Å². The summed E-state index contributed by atoms with van der Waals surface area (Å²) >= 11 is 0. The lowest BCUT2D eigenvalue weighted by Crippen LogP contribution is -2.41. The van der Waals surface area contributed by atoms with E-state index in [0.717, 1.165) is 25.9 Å². The van der Waals surface area contributed by atoms with E-state index in [2.05, 4.69) is 11.8 Å². The molecule has 0 bridgehead atoms. The molecule has 1 aromatic rings. The molecule has 1 aliphatic heterocycles. The Balaban J connectivity index is 2.09. The van der Waals surface area contributed by atoms with E-state index >= 15 is 0 Å². The molecule has 1 aliphatic rings. The molecule has 1 atom stereocenters. The predicted molar refractivity (Wildman–Crippen MR) is 74.7 cm³/mol. The second-order valence-electron chi connectivity index (χ2n) is 5.09. The van der Waals surface area contributed by atoms with Crippen LogP contribution in [0.2, 0.25) is 0 Å². The minimum atomic E-state index is -3.62. The van der Waals surface area contributed by atoms with Crippen molar-refractivity contribution in [1.82, 2.24) is 9.21 Å². The van der Waals surface area contributed by atoms with Gasteiger partial charge < -0.3 is 9.52 Å². The minimum Gasteiger partial charge on any atom is -0.446 e. The number of hydrogen-bond acceptors (Lipinski definition) is 5. The van der Waals surface area contributed by atoms with Gasteiger partial charge in [-0.2, -0.15) is 4.31 Å². The number of hydrogen-bond donors (Lipinski definition) is 1. The van der Waals surface area contributed by atoms with Gasteiger partial charge in [-0.3, -0.25) is 4.90 Å². The molecule has 1 unspecified atom stereocenters. The second-order valence-corrected chi connectivity index (χ2v) is 7.06. The van der Waals surface area contributed by atoms with Gasteiger partial charge in [0.15, 0.2) is 0 Å². The van der Waals surface area contributed by atoms with Crippen LogP contribution in [-0.2, 0) is 16.6 Å². The van der Waals surface area contributed by atoms with Gasteiger partial charge in [0.1, 0.15) is 12.4 Å². The Kier molecular flexibility index (Phi) is 4.85. The number of furan rings is 1. The summed E-state index contributed by atoms with van der Waals surface area (Å²) in [5.41, 5.74) is 0. The highest BCUT2D eigenvalue weighted by molar-refractivity contribution is 7.89. The van der Waals surface area contributed by atoms with Crippen LogP contribution in [0.4, 0.5) is 0 Å². The first-order chi connectivity index (χ1) is 9.48. The summed E-state index contributed by atoms with van der Waals surface area (Å²) in [6.07, 6.45) is 2.13. The van der Waals surface area contributed by atoms with Crippen LogP contribution in [0.3, 0.4) is 0 Å². The molecule has 0 saturated carbocycles. The molecule has 0 aromatic carbocycles. The lowest BCUT2D eigenvalue weighted by Gasteiger charge is -2.26. The van der Waals surface area contributed by atoms with E-state index in [4.69, 9.17) is 9.52 Å². The zero-order valence-electron chi connectivity index (χ0n) is 11.9. The van der Waals surface area contributed by atoms with E-state index in [1.165, 1.54) is 16.4 Å². The average molecular weight is 302 g/mol. The first kappa shape index (κ1) is 15.5. The van der Waals surface area contributed by atoms with Crippen LogP contribution < -0.4 is 0 Å². The summed E-state index contributed by atoms with van der Waals surface area (Å²) in [4.78, 5) is 2.30. The van der Waals surface area contributed by atoms with E-state index < -0.39 is 10.0 Å². The van der Waals surface area contributed by atoms with Crippen molar-refractivity contribution >= 4 is 10.0 Å². The maximum Gasteiger partial charge on any atom is 0.276 e. The topological polar surface area (TPSA) is 74.0 Å². The second kappa shape index (κ2) is 6.26. The maximum atomic E-state index is 12.4. The van der Waals surface area contributed by atoms with Crippen LogP contribution in [0, 0.1) is 0 Å². The van der Waals surface area contributed by atoms with Gasteiger partial charge in [-0.15, -0.1) is 0 Å². The summed E-state index contributed by atoms with van der Waals surface area (Å²) in [5.74, 6) is 0.257. The SMILES string of the molecule is CCN1CCCC1CN(C)S(=O)(=O)c1ccc(CO)o1. The molecular weight excluding hydrogens is 280 g/mol. The van der Waals surface area contributed by atoms with Gasteiger partial charge in [0.2, 0.25) is 5.09 Å². The van der Waals surface area contributed by atoms with Gasteiger partial charge >= 0.3 is 0 Å². The molecule has 0 radical (unpaired) electrons. The van der Waals surface area contributed by atoms with Gasteiger partial charge in [0, 0.05) is 19.6 Å². The zero-order chi connectivity index (χ0) is 14.8. The third-order valence-corrected chi connectivity index (χ3v) is 5.53. The highest BCUT2D eigenvalue weighted by Crippen LogP contribution is 2.22. The third kappa shape index (κ3) is 3.06. The van der Waals surface area contributed by atoms with Crippen molar-refractivity contribution < 1.29 is 17.9 Å². The number of aliphatic hydroxyl groups excluding tert-OH is 1.